The van der Waals surface area contributed by atoms with Crippen molar-refractivity contribution in [1.29, 1.82) is 0 Å². The molecule has 4 heteroatoms. The third-order valence-corrected chi connectivity index (χ3v) is 4.65. The van der Waals surface area contributed by atoms with E-state index in [9.17, 15) is 0 Å². The standard InChI is InChI=1S/C15H18I2O2/c1-18-7-8-19-15-13(9-12(16)10-14(15)17)11-5-3-2-4-6-11/h3,5,9-11H,2,4,6-8H2,1H3. The molecule has 0 N–H and O–H groups in total. The summed E-state index contributed by atoms with van der Waals surface area (Å²) in [6, 6.07) is 4.42. The molecular formula is C15H18I2O2. The van der Waals surface area contributed by atoms with Crippen LogP contribution in [0.25, 0.3) is 0 Å². The van der Waals surface area contributed by atoms with Gasteiger partial charge in [-0.2, -0.15) is 0 Å². The molecule has 0 aliphatic heterocycles. The van der Waals surface area contributed by atoms with Crippen LogP contribution in [0.1, 0.15) is 30.7 Å². The Kier molecular flexibility index (Phi) is 6.41. The first-order valence-electron chi connectivity index (χ1n) is 6.49. The molecule has 1 unspecified atom stereocenters. The monoisotopic (exact) mass is 484 g/mol. The van der Waals surface area contributed by atoms with E-state index < -0.39 is 0 Å². The van der Waals surface area contributed by atoms with Gasteiger partial charge < -0.3 is 9.47 Å². The summed E-state index contributed by atoms with van der Waals surface area (Å²) < 4.78 is 13.5. The van der Waals surface area contributed by atoms with Crippen LogP contribution >= 0.6 is 45.2 Å². The Labute approximate surface area is 142 Å². The Bertz CT molecular complexity index is 458. The molecule has 0 heterocycles. The van der Waals surface area contributed by atoms with Gasteiger partial charge in [-0.3, -0.25) is 0 Å². The lowest BCUT2D eigenvalue weighted by Crippen LogP contribution is -2.10. The lowest BCUT2D eigenvalue weighted by Gasteiger charge is -2.21. The van der Waals surface area contributed by atoms with E-state index in [1.54, 1.807) is 7.11 Å². The summed E-state index contributed by atoms with van der Waals surface area (Å²) in [6.45, 7) is 1.23. The van der Waals surface area contributed by atoms with Gasteiger partial charge in [0.15, 0.2) is 0 Å². The van der Waals surface area contributed by atoms with Gasteiger partial charge in [-0.25, -0.2) is 0 Å². The van der Waals surface area contributed by atoms with Crippen LogP contribution in [0.3, 0.4) is 0 Å². The minimum Gasteiger partial charge on any atom is -0.490 e. The van der Waals surface area contributed by atoms with Crippen LogP contribution in [-0.4, -0.2) is 20.3 Å². The second-order valence-corrected chi connectivity index (χ2v) is 7.02. The Morgan fingerprint density at radius 1 is 1.26 bits per heavy atom. The number of benzene rings is 1. The molecule has 104 valence electrons. The Hall–Kier alpha value is 0.180. The number of hydrogen-bond acceptors (Lipinski definition) is 2. The van der Waals surface area contributed by atoms with E-state index in [1.807, 2.05) is 0 Å². The zero-order valence-electron chi connectivity index (χ0n) is 11.0. The van der Waals surface area contributed by atoms with Crippen LogP contribution in [0, 0.1) is 7.14 Å². The number of ether oxygens (including phenoxy) is 2. The predicted molar refractivity (Wildman–Crippen MR) is 95.0 cm³/mol. The molecule has 0 fully saturated rings. The third-order valence-electron chi connectivity index (χ3n) is 3.22. The zero-order valence-corrected chi connectivity index (χ0v) is 15.3. The van der Waals surface area contributed by atoms with E-state index in [1.165, 1.54) is 32.0 Å². The summed E-state index contributed by atoms with van der Waals surface area (Å²) in [5, 5.41) is 0. The highest BCUT2D eigenvalue weighted by Crippen LogP contribution is 2.38. The number of hydrogen-bond donors (Lipinski definition) is 0. The molecule has 1 aromatic carbocycles. The van der Waals surface area contributed by atoms with E-state index in [-0.39, 0.29) is 0 Å². The van der Waals surface area contributed by atoms with Crippen molar-refractivity contribution in [2.45, 2.75) is 25.2 Å². The molecule has 19 heavy (non-hydrogen) atoms. The van der Waals surface area contributed by atoms with Gasteiger partial charge in [0.25, 0.3) is 0 Å². The lowest BCUT2D eigenvalue weighted by molar-refractivity contribution is 0.145. The first kappa shape index (κ1) is 15.6. The average Bonchev–Trinajstić information content (AvgIpc) is 2.42. The number of halogens is 2. The van der Waals surface area contributed by atoms with Crippen molar-refractivity contribution in [3.63, 3.8) is 0 Å². The SMILES string of the molecule is COCCOc1c(I)cc(I)cc1C1C=CCCC1. The van der Waals surface area contributed by atoms with Crippen molar-refractivity contribution >= 4 is 45.2 Å². The molecule has 2 rings (SSSR count). The summed E-state index contributed by atoms with van der Waals surface area (Å²) in [7, 11) is 1.70. The van der Waals surface area contributed by atoms with Crippen LogP contribution in [0.2, 0.25) is 0 Å². The predicted octanol–water partition coefficient (Wildman–Crippen LogP) is 4.74. The fourth-order valence-corrected chi connectivity index (χ4v) is 4.35. The highest BCUT2D eigenvalue weighted by molar-refractivity contribution is 14.1. The molecule has 0 radical (unpaired) electrons. The number of allylic oxidation sites excluding steroid dienone is 2. The van der Waals surface area contributed by atoms with Gasteiger partial charge in [0.1, 0.15) is 12.4 Å². The highest BCUT2D eigenvalue weighted by Gasteiger charge is 2.18. The highest BCUT2D eigenvalue weighted by atomic mass is 127. The molecule has 0 saturated heterocycles. The Morgan fingerprint density at radius 3 is 2.79 bits per heavy atom. The van der Waals surface area contributed by atoms with Crippen molar-refractivity contribution in [3.05, 3.63) is 37.0 Å². The molecule has 1 aliphatic carbocycles. The van der Waals surface area contributed by atoms with Crippen molar-refractivity contribution < 1.29 is 9.47 Å². The van der Waals surface area contributed by atoms with Crippen molar-refractivity contribution in [2.75, 3.05) is 20.3 Å². The molecule has 2 nitrogen and oxygen atoms in total. The zero-order chi connectivity index (χ0) is 13.7. The van der Waals surface area contributed by atoms with Gasteiger partial charge >= 0.3 is 0 Å². The first-order chi connectivity index (χ1) is 9.22. The van der Waals surface area contributed by atoms with Crippen molar-refractivity contribution in [1.82, 2.24) is 0 Å². The molecule has 0 amide bonds. The van der Waals surface area contributed by atoms with Crippen molar-refractivity contribution in [3.8, 4) is 5.75 Å². The Balaban J connectivity index is 2.27. The van der Waals surface area contributed by atoms with Gasteiger partial charge in [0.05, 0.1) is 10.2 Å². The minimum absolute atomic E-state index is 0.495. The molecule has 1 aliphatic rings. The molecular weight excluding hydrogens is 466 g/mol. The van der Waals surface area contributed by atoms with Crippen LogP contribution in [0.4, 0.5) is 0 Å². The lowest BCUT2D eigenvalue weighted by atomic mass is 9.89. The summed E-state index contributed by atoms with van der Waals surface area (Å²) in [4.78, 5) is 0. The van der Waals surface area contributed by atoms with Crippen LogP contribution < -0.4 is 4.74 Å². The third kappa shape index (κ3) is 4.32. The van der Waals surface area contributed by atoms with Crippen LogP contribution in [0.15, 0.2) is 24.3 Å². The maximum absolute atomic E-state index is 5.95. The maximum atomic E-state index is 5.95. The fraction of sp³-hybridized carbons (Fsp3) is 0.467. The molecule has 0 bridgehead atoms. The second kappa shape index (κ2) is 7.83. The van der Waals surface area contributed by atoms with Crippen LogP contribution in [0.5, 0.6) is 5.75 Å². The van der Waals surface area contributed by atoms with E-state index >= 15 is 0 Å². The second-order valence-electron chi connectivity index (χ2n) is 4.61. The van der Waals surface area contributed by atoms with Gasteiger partial charge in [0.2, 0.25) is 0 Å². The quantitative estimate of drug-likeness (QED) is 0.342. The molecule has 0 aromatic heterocycles. The number of methoxy groups -OCH3 is 1. The van der Waals surface area contributed by atoms with Crippen LogP contribution in [-0.2, 0) is 4.74 Å². The van der Waals surface area contributed by atoms with E-state index in [4.69, 9.17) is 9.47 Å². The maximum Gasteiger partial charge on any atom is 0.136 e. The summed E-state index contributed by atoms with van der Waals surface area (Å²) in [5.74, 6) is 1.53. The average molecular weight is 484 g/mol. The minimum atomic E-state index is 0.495. The molecule has 0 spiro atoms. The smallest absolute Gasteiger partial charge is 0.136 e. The molecule has 0 saturated carbocycles. The van der Waals surface area contributed by atoms with Gasteiger partial charge in [-0.15, -0.1) is 0 Å². The summed E-state index contributed by atoms with van der Waals surface area (Å²) in [5.41, 5.74) is 1.32. The summed E-state index contributed by atoms with van der Waals surface area (Å²) >= 11 is 4.74. The summed E-state index contributed by atoms with van der Waals surface area (Å²) in [6.07, 6.45) is 8.30. The Morgan fingerprint density at radius 2 is 2.11 bits per heavy atom. The molecule has 1 atom stereocenters. The van der Waals surface area contributed by atoms with Gasteiger partial charge in [0, 0.05) is 22.2 Å². The van der Waals surface area contributed by atoms with E-state index in [0.717, 1.165) is 5.75 Å². The largest absolute Gasteiger partial charge is 0.490 e. The normalized spacial score (nSPS) is 18.6. The van der Waals surface area contributed by atoms with E-state index in [2.05, 4.69) is 69.5 Å². The number of rotatable bonds is 5. The molecule has 1 aromatic rings. The fourth-order valence-electron chi connectivity index (χ4n) is 2.31. The van der Waals surface area contributed by atoms with Gasteiger partial charge in [-0.1, -0.05) is 12.2 Å². The van der Waals surface area contributed by atoms with Crippen molar-refractivity contribution in [2.24, 2.45) is 0 Å². The van der Waals surface area contributed by atoms with Gasteiger partial charge in [-0.05, 0) is 76.6 Å². The van der Waals surface area contributed by atoms with E-state index in [0.29, 0.717) is 19.1 Å². The first-order valence-corrected chi connectivity index (χ1v) is 8.65. The topological polar surface area (TPSA) is 18.5 Å².